The van der Waals surface area contributed by atoms with Crippen LogP contribution in [0.3, 0.4) is 0 Å². The van der Waals surface area contributed by atoms with Crippen LogP contribution in [0.15, 0.2) is 95.8 Å². The summed E-state index contributed by atoms with van der Waals surface area (Å²) in [6.45, 7) is -0.190. The van der Waals surface area contributed by atoms with Crippen LogP contribution in [0.25, 0.3) is 0 Å². The van der Waals surface area contributed by atoms with Crippen molar-refractivity contribution >= 4 is 11.6 Å². The first-order valence-corrected chi connectivity index (χ1v) is 11.8. The normalized spacial score (nSPS) is 17.9. The topological polar surface area (TPSA) is 113 Å². The zero-order valence-electron chi connectivity index (χ0n) is 19.7. The van der Waals surface area contributed by atoms with Gasteiger partial charge in [0.25, 0.3) is 0 Å². The molecular formula is C29H28O7. The van der Waals surface area contributed by atoms with E-state index in [1.165, 1.54) is 12.1 Å². The third-order valence-electron chi connectivity index (χ3n) is 5.92. The monoisotopic (exact) mass is 488 g/mol. The minimum atomic E-state index is -0.984. The average molecular weight is 489 g/mol. The van der Waals surface area contributed by atoms with E-state index in [1.54, 1.807) is 54.6 Å². The number of allylic oxidation sites excluding steroid dienone is 6. The van der Waals surface area contributed by atoms with Gasteiger partial charge in [-0.2, -0.15) is 0 Å². The summed E-state index contributed by atoms with van der Waals surface area (Å²) >= 11 is 0. The van der Waals surface area contributed by atoms with Gasteiger partial charge < -0.3 is 24.8 Å². The zero-order valence-corrected chi connectivity index (χ0v) is 19.7. The summed E-state index contributed by atoms with van der Waals surface area (Å²) in [7, 11) is 0. The van der Waals surface area contributed by atoms with Gasteiger partial charge in [0.15, 0.2) is 11.6 Å². The number of phenolic OH excluding ortho intramolecular Hbond substituents is 1. The molecule has 0 fully saturated rings. The number of aliphatic hydroxyl groups is 2. The van der Waals surface area contributed by atoms with Crippen molar-refractivity contribution in [2.24, 2.45) is 0 Å². The number of rotatable bonds is 10. The molecule has 3 N–H and O–H groups in total. The predicted octanol–water partition coefficient (Wildman–Crippen LogP) is 3.80. The van der Waals surface area contributed by atoms with Crippen molar-refractivity contribution in [3.63, 3.8) is 0 Å². The Hall–Kier alpha value is -3.94. The van der Waals surface area contributed by atoms with Gasteiger partial charge >= 0.3 is 0 Å². The number of hydrogen-bond donors (Lipinski definition) is 3. The lowest BCUT2D eigenvalue weighted by molar-refractivity contribution is -0.113. The first-order chi connectivity index (χ1) is 17.4. The lowest BCUT2D eigenvalue weighted by atomic mass is 9.90. The second-order valence-electron chi connectivity index (χ2n) is 8.61. The number of hydrogen-bond acceptors (Lipinski definition) is 7. The highest BCUT2D eigenvalue weighted by atomic mass is 16.5. The Kier molecular flexibility index (Phi) is 8.15. The Morgan fingerprint density at radius 1 is 0.972 bits per heavy atom. The van der Waals surface area contributed by atoms with E-state index in [-0.39, 0.29) is 42.5 Å². The molecule has 2 atom stereocenters. The zero-order chi connectivity index (χ0) is 25.5. The van der Waals surface area contributed by atoms with E-state index in [4.69, 9.17) is 9.47 Å². The lowest BCUT2D eigenvalue weighted by Crippen LogP contribution is -2.26. The molecule has 2 unspecified atom stereocenters. The van der Waals surface area contributed by atoms with Crippen molar-refractivity contribution in [1.82, 2.24) is 0 Å². The van der Waals surface area contributed by atoms with Crippen LogP contribution < -0.4 is 4.74 Å². The maximum absolute atomic E-state index is 12.6. The molecule has 4 rings (SSSR count). The molecule has 2 aliphatic carbocycles. The van der Waals surface area contributed by atoms with Crippen LogP contribution in [0.5, 0.6) is 11.5 Å². The minimum absolute atomic E-state index is 0.0812. The summed E-state index contributed by atoms with van der Waals surface area (Å²) in [5, 5.41) is 30.9. The Balaban J connectivity index is 1.27. The molecule has 186 valence electrons. The number of carbonyl (C=O) groups excluding carboxylic acids is 2. The first-order valence-electron chi connectivity index (χ1n) is 11.8. The standard InChI is InChI=1S/C29H28O7/c30-21(17-35-22-11-13-24(26(31)15-22)28(33)19-7-3-1-4-8-19)18-36-23-12-14-25(27(32)16-23)29(34)20-9-5-2-6-10-20/h1-5,7-9,11-15,21,27,30-32H,6,10,16-18H2. The van der Waals surface area contributed by atoms with Gasteiger partial charge in [-0.1, -0.05) is 48.6 Å². The number of aromatic hydroxyl groups is 1. The van der Waals surface area contributed by atoms with E-state index in [9.17, 15) is 24.9 Å². The van der Waals surface area contributed by atoms with E-state index in [0.717, 1.165) is 6.42 Å². The number of ketones is 2. The first kappa shape index (κ1) is 25.2. The SMILES string of the molecule is O=C(C1=CC=CCC1)C1=CC=C(OCC(O)COc2ccc(C(=O)c3ccccc3)c(O)c2)CC1O. The Morgan fingerprint density at radius 3 is 2.44 bits per heavy atom. The number of benzene rings is 2. The summed E-state index contributed by atoms with van der Waals surface area (Å²) in [6, 6.07) is 13.0. The Morgan fingerprint density at radius 2 is 1.75 bits per heavy atom. The van der Waals surface area contributed by atoms with E-state index < -0.39 is 12.2 Å². The summed E-state index contributed by atoms with van der Waals surface area (Å²) in [5.41, 5.74) is 1.63. The van der Waals surface area contributed by atoms with E-state index in [2.05, 4.69) is 0 Å². The van der Waals surface area contributed by atoms with Crippen LogP contribution in [-0.4, -0.2) is 52.3 Å². The van der Waals surface area contributed by atoms with Crippen LogP contribution in [-0.2, 0) is 9.53 Å². The van der Waals surface area contributed by atoms with Crippen LogP contribution in [0.2, 0.25) is 0 Å². The fourth-order valence-electron chi connectivity index (χ4n) is 3.96. The Labute approximate surface area is 209 Å². The summed E-state index contributed by atoms with van der Waals surface area (Å²) in [6.07, 6.45) is 8.46. The molecule has 0 radical (unpaired) electrons. The van der Waals surface area contributed by atoms with Gasteiger partial charge in [0, 0.05) is 29.2 Å². The second-order valence-corrected chi connectivity index (χ2v) is 8.61. The van der Waals surface area contributed by atoms with Crippen molar-refractivity contribution in [2.45, 2.75) is 31.5 Å². The third kappa shape index (κ3) is 6.19. The van der Waals surface area contributed by atoms with Gasteiger partial charge in [-0.05, 0) is 37.1 Å². The molecular weight excluding hydrogens is 460 g/mol. The number of phenols is 1. The maximum Gasteiger partial charge on any atom is 0.196 e. The van der Waals surface area contributed by atoms with Crippen molar-refractivity contribution in [1.29, 1.82) is 0 Å². The summed E-state index contributed by atoms with van der Waals surface area (Å²) < 4.78 is 11.1. The fourth-order valence-corrected chi connectivity index (χ4v) is 3.96. The van der Waals surface area contributed by atoms with E-state index >= 15 is 0 Å². The summed E-state index contributed by atoms with van der Waals surface area (Å²) in [4.78, 5) is 25.1. The molecule has 2 aromatic rings. The van der Waals surface area contributed by atoms with Crippen molar-refractivity contribution in [3.05, 3.63) is 107 Å². The molecule has 36 heavy (non-hydrogen) atoms. The largest absolute Gasteiger partial charge is 0.507 e. The van der Waals surface area contributed by atoms with Crippen molar-refractivity contribution < 1.29 is 34.4 Å². The smallest absolute Gasteiger partial charge is 0.196 e. The van der Waals surface area contributed by atoms with Crippen molar-refractivity contribution in [3.8, 4) is 11.5 Å². The Bertz CT molecular complexity index is 1240. The fraction of sp³-hybridized carbons (Fsp3) is 0.241. The molecule has 0 aromatic heterocycles. The molecule has 0 heterocycles. The second kappa shape index (κ2) is 11.7. The van der Waals surface area contributed by atoms with Gasteiger partial charge in [0.1, 0.15) is 30.8 Å². The highest BCUT2D eigenvalue weighted by molar-refractivity contribution is 6.11. The van der Waals surface area contributed by atoms with Gasteiger partial charge in [0.05, 0.1) is 17.4 Å². The highest BCUT2D eigenvalue weighted by Crippen LogP contribution is 2.27. The molecule has 0 spiro atoms. The molecule has 0 saturated heterocycles. The van der Waals surface area contributed by atoms with Gasteiger partial charge in [-0.15, -0.1) is 0 Å². The number of carbonyl (C=O) groups is 2. The van der Waals surface area contributed by atoms with E-state index in [1.807, 2.05) is 12.2 Å². The van der Waals surface area contributed by atoms with Gasteiger partial charge in [-0.25, -0.2) is 0 Å². The molecule has 7 nitrogen and oxygen atoms in total. The van der Waals surface area contributed by atoms with Gasteiger partial charge in [0.2, 0.25) is 0 Å². The molecule has 0 amide bonds. The molecule has 2 aromatic carbocycles. The van der Waals surface area contributed by atoms with Gasteiger partial charge in [-0.3, -0.25) is 9.59 Å². The lowest BCUT2D eigenvalue weighted by Gasteiger charge is -2.22. The maximum atomic E-state index is 12.6. The molecule has 0 bridgehead atoms. The highest BCUT2D eigenvalue weighted by Gasteiger charge is 2.26. The van der Waals surface area contributed by atoms with Crippen LogP contribution in [0.4, 0.5) is 0 Å². The minimum Gasteiger partial charge on any atom is -0.507 e. The molecule has 7 heteroatoms. The van der Waals surface area contributed by atoms with Crippen molar-refractivity contribution in [2.75, 3.05) is 13.2 Å². The van der Waals surface area contributed by atoms with E-state index in [0.29, 0.717) is 34.6 Å². The molecule has 0 saturated carbocycles. The number of aliphatic hydroxyl groups excluding tert-OH is 2. The number of Topliss-reactive ketones (excluding diaryl/α,β-unsaturated/α-hetero) is 1. The van der Waals surface area contributed by atoms with Crippen LogP contribution >= 0.6 is 0 Å². The van der Waals surface area contributed by atoms with Crippen LogP contribution in [0.1, 0.15) is 35.2 Å². The quantitative estimate of drug-likeness (QED) is 0.436. The van der Waals surface area contributed by atoms with Crippen LogP contribution in [0, 0.1) is 0 Å². The molecule has 2 aliphatic rings. The summed E-state index contributed by atoms with van der Waals surface area (Å²) in [5.74, 6) is 0.0709. The third-order valence-corrected chi connectivity index (χ3v) is 5.92. The molecule has 0 aliphatic heterocycles. The average Bonchev–Trinajstić information content (AvgIpc) is 2.91. The number of ether oxygens (including phenoxy) is 2. The predicted molar refractivity (Wildman–Crippen MR) is 134 cm³/mol.